The molecule has 1 aromatic heterocycles. The van der Waals surface area contributed by atoms with Crippen molar-refractivity contribution in [3.63, 3.8) is 0 Å². The van der Waals surface area contributed by atoms with Crippen LogP contribution in [0.15, 0.2) is 59.8 Å². The van der Waals surface area contributed by atoms with Crippen LogP contribution in [0.1, 0.15) is 44.5 Å². The molecule has 1 aliphatic carbocycles. The van der Waals surface area contributed by atoms with Gasteiger partial charge < -0.3 is 18.9 Å². The van der Waals surface area contributed by atoms with Gasteiger partial charge in [-0.25, -0.2) is 0 Å². The summed E-state index contributed by atoms with van der Waals surface area (Å²) in [4.78, 5) is 15.2. The van der Waals surface area contributed by atoms with E-state index in [4.69, 9.17) is 9.47 Å². The highest BCUT2D eigenvalue weighted by Gasteiger charge is 2.32. The van der Waals surface area contributed by atoms with Crippen molar-refractivity contribution in [2.24, 2.45) is 5.92 Å². The van der Waals surface area contributed by atoms with E-state index >= 15 is 0 Å². The van der Waals surface area contributed by atoms with Gasteiger partial charge in [0.2, 0.25) is 5.91 Å². The average molecular weight is 495 g/mol. The van der Waals surface area contributed by atoms with Crippen molar-refractivity contribution in [2.75, 3.05) is 12.9 Å². The van der Waals surface area contributed by atoms with E-state index in [1.165, 1.54) is 11.8 Å². The lowest BCUT2D eigenvalue weighted by Gasteiger charge is -2.22. The van der Waals surface area contributed by atoms with E-state index in [1.807, 2.05) is 59.5 Å². The SMILES string of the molecule is COc1ccc(CN(C(=O)CSc2nnc(COc3ccccc3)n2CCC(C)C)C2CC2)cc1. The quantitative estimate of drug-likeness (QED) is 0.305. The van der Waals surface area contributed by atoms with Gasteiger partial charge in [0.25, 0.3) is 0 Å². The number of carbonyl (C=O) groups excluding carboxylic acids is 1. The van der Waals surface area contributed by atoms with Crippen LogP contribution in [-0.2, 0) is 24.5 Å². The first-order valence-electron chi connectivity index (χ1n) is 12.2. The van der Waals surface area contributed by atoms with Gasteiger partial charge in [0.1, 0.15) is 18.1 Å². The molecular formula is C27H34N4O3S. The van der Waals surface area contributed by atoms with Crippen LogP contribution in [0.4, 0.5) is 0 Å². The lowest BCUT2D eigenvalue weighted by atomic mass is 10.1. The van der Waals surface area contributed by atoms with Crippen LogP contribution in [0.3, 0.4) is 0 Å². The summed E-state index contributed by atoms with van der Waals surface area (Å²) in [5.74, 6) is 3.42. The molecule has 186 valence electrons. The maximum atomic E-state index is 13.2. The van der Waals surface area contributed by atoms with E-state index in [-0.39, 0.29) is 5.91 Å². The predicted octanol–water partition coefficient (Wildman–Crippen LogP) is 5.20. The maximum Gasteiger partial charge on any atom is 0.233 e. The predicted molar refractivity (Wildman–Crippen MR) is 138 cm³/mol. The summed E-state index contributed by atoms with van der Waals surface area (Å²) in [6, 6.07) is 18.0. The number of ether oxygens (including phenoxy) is 2. The zero-order valence-corrected chi connectivity index (χ0v) is 21.5. The van der Waals surface area contributed by atoms with E-state index in [9.17, 15) is 4.79 Å². The van der Waals surface area contributed by atoms with E-state index in [0.717, 1.165) is 53.9 Å². The zero-order valence-electron chi connectivity index (χ0n) is 20.7. The summed E-state index contributed by atoms with van der Waals surface area (Å²) in [6.07, 6.45) is 3.14. The lowest BCUT2D eigenvalue weighted by molar-refractivity contribution is -0.129. The second-order valence-corrected chi connectivity index (χ2v) is 10.2. The molecule has 1 amide bonds. The number of nitrogens with zero attached hydrogens (tertiary/aromatic N) is 4. The van der Waals surface area contributed by atoms with Gasteiger partial charge in [-0.2, -0.15) is 0 Å². The highest BCUT2D eigenvalue weighted by Crippen LogP contribution is 2.30. The molecule has 0 unspecified atom stereocenters. The second-order valence-electron chi connectivity index (χ2n) is 9.22. The first-order chi connectivity index (χ1) is 17.0. The van der Waals surface area contributed by atoms with Crippen molar-refractivity contribution in [3.8, 4) is 11.5 Å². The minimum absolute atomic E-state index is 0.133. The van der Waals surface area contributed by atoms with Gasteiger partial charge in [-0.1, -0.05) is 55.9 Å². The van der Waals surface area contributed by atoms with Crippen molar-refractivity contribution >= 4 is 17.7 Å². The number of hydrogen-bond donors (Lipinski definition) is 0. The third-order valence-electron chi connectivity index (χ3n) is 5.98. The molecule has 7 nitrogen and oxygen atoms in total. The van der Waals surface area contributed by atoms with Crippen LogP contribution in [0.2, 0.25) is 0 Å². The van der Waals surface area contributed by atoms with Crippen molar-refractivity contribution in [3.05, 3.63) is 66.0 Å². The largest absolute Gasteiger partial charge is 0.497 e. The molecule has 2 aromatic carbocycles. The van der Waals surface area contributed by atoms with Crippen molar-refractivity contribution in [1.29, 1.82) is 0 Å². The molecule has 0 N–H and O–H groups in total. The zero-order chi connectivity index (χ0) is 24.6. The van der Waals surface area contributed by atoms with E-state index in [1.54, 1.807) is 7.11 Å². The van der Waals surface area contributed by atoms with E-state index < -0.39 is 0 Å². The van der Waals surface area contributed by atoms with Gasteiger partial charge in [0.15, 0.2) is 11.0 Å². The summed E-state index contributed by atoms with van der Waals surface area (Å²) in [5.41, 5.74) is 1.11. The molecule has 1 aliphatic rings. The number of benzene rings is 2. The van der Waals surface area contributed by atoms with Gasteiger partial charge in [0, 0.05) is 19.1 Å². The number of aromatic nitrogens is 3. The molecule has 1 heterocycles. The Hall–Kier alpha value is -3.00. The molecule has 0 spiro atoms. The Morgan fingerprint density at radius 3 is 2.49 bits per heavy atom. The number of amides is 1. The van der Waals surface area contributed by atoms with Gasteiger partial charge in [-0.15, -0.1) is 10.2 Å². The number of carbonyl (C=O) groups is 1. The van der Waals surface area contributed by atoms with Crippen molar-refractivity contribution in [2.45, 2.75) is 64.0 Å². The number of methoxy groups -OCH3 is 1. The van der Waals surface area contributed by atoms with E-state index in [2.05, 4.69) is 28.6 Å². The Balaban J connectivity index is 1.40. The van der Waals surface area contributed by atoms with Crippen molar-refractivity contribution in [1.82, 2.24) is 19.7 Å². The number of rotatable bonds is 13. The molecule has 8 heteroatoms. The first-order valence-corrected chi connectivity index (χ1v) is 13.2. The topological polar surface area (TPSA) is 69.5 Å². The molecule has 3 aromatic rings. The third kappa shape index (κ3) is 7.24. The summed E-state index contributed by atoms with van der Waals surface area (Å²) < 4.78 is 13.3. The fourth-order valence-corrected chi connectivity index (χ4v) is 4.62. The summed E-state index contributed by atoms with van der Waals surface area (Å²) >= 11 is 1.46. The van der Waals surface area contributed by atoms with Crippen LogP contribution < -0.4 is 9.47 Å². The number of para-hydroxylation sites is 1. The third-order valence-corrected chi connectivity index (χ3v) is 6.93. The highest BCUT2D eigenvalue weighted by molar-refractivity contribution is 7.99. The Morgan fingerprint density at radius 1 is 1.09 bits per heavy atom. The van der Waals surface area contributed by atoms with Crippen LogP contribution in [0.25, 0.3) is 0 Å². The summed E-state index contributed by atoms with van der Waals surface area (Å²) in [5, 5.41) is 9.58. The number of hydrogen-bond acceptors (Lipinski definition) is 6. The summed E-state index contributed by atoms with van der Waals surface area (Å²) in [7, 11) is 1.66. The van der Waals surface area contributed by atoms with Gasteiger partial charge >= 0.3 is 0 Å². The standard InChI is InChI=1S/C27H34N4O3S/c1-20(2)15-16-30-25(18-34-24-7-5-4-6-8-24)28-29-27(30)35-19-26(32)31(22-11-12-22)17-21-9-13-23(33-3)14-10-21/h4-10,13-14,20,22H,11-12,15-19H2,1-3H3. The van der Waals surface area contributed by atoms with E-state index in [0.29, 0.717) is 30.9 Å². The van der Waals surface area contributed by atoms with Crippen molar-refractivity contribution < 1.29 is 14.3 Å². The smallest absolute Gasteiger partial charge is 0.233 e. The second kappa shape index (κ2) is 12.1. The molecule has 35 heavy (non-hydrogen) atoms. The normalized spacial score (nSPS) is 13.1. The van der Waals surface area contributed by atoms with Crippen LogP contribution in [0.5, 0.6) is 11.5 Å². The molecule has 0 bridgehead atoms. The van der Waals surface area contributed by atoms with Gasteiger partial charge in [-0.05, 0) is 55.0 Å². The molecule has 0 aliphatic heterocycles. The molecule has 1 fully saturated rings. The first kappa shape index (κ1) is 25.1. The molecule has 1 saturated carbocycles. The Kier molecular flexibility index (Phi) is 8.69. The maximum absolute atomic E-state index is 13.2. The number of thioether (sulfide) groups is 1. The Morgan fingerprint density at radius 2 is 1.83 bits per heavy atom. The highest BCUT2D eigenvalue weighted by atomic mass is 32.2. The van der Waals surface area contributed by atoms with Gasteiger partial charge in [0.05, 0.1) is 12.9 Å². The fraction of sp³-hybridized carbons (Fsp3) is 0.444. The lowest BCUT2D eigenvalue weighted by Crippen LogP contribution is -2.34. The molecule has 0 atom stereocenters. The Bertz CT molecular complexity index is 1080. The minimum atomic E-state index is 0.133. The molecule has 4 rings (SSSR count). The molecule has 0 radical (unpaired) electrons. The van der Waals surface area contributed by atoms with Crippen LogP contribution in [-0.4, -0.2) is 44.5 Å². The fourth-order valence-electron chi connectivity index (χ4n) is 3.75. The summed E-state index contributed by atoms with van der Waals surface area (Å²) in [6.45, 7) is 6.16. The average Bonchev–Trinajstić information content (AvgIpc) is 3.64. The van der Waals surface area contributed by atoms with Crippen LogP contribution in [0, 0.1) is 5.92 Å². The Labute approximate surface area is 211 Å². The molecular weight excluding hydrogens is 460 g/mol. The van der Waals surface area contributed by atoms with Crippen LogP contribution >= 0.6 is 11.8 Å². The molecule has 0 saturated heterocycles. The van der Waals surface area contributed by atoms with Gasteiger partial charge in [-0.3, -0.25) is 4.79 Å². The minimum Gasteiger partial charge on any atom is -0.497 e. The monoisotopic (exact) mass is 494 g/mol.